The van der Waals surface area contributed by atoms with E-state index in [1.165, 1.54) is 0 Å². The van der Waals surface area contributed by atoms with Crippen molar-refractivity contribution in [2.45, 2.75) is 45.1 Å². The van der Waals surface area contributed by atoms with Gasteiger partial charge in [0.05, 0.1) is 7.11 Å². The number of nitrogens with two attached hydrogens (primary N) is 1. The Hall–Kier alpha value is -1.55. The molecule has 1 aromatic rings. The summed E-state index contributed by atoms with van der Waals surface area (Å²) in [5.41, 5.74) is 6.92. The first-order valence-corrected chi connectivity index (χ1v) is 7.22. The Kier molecular flexibility index (Phi) is 6.52. The summed E-state index contributed by atoms with van der Waals surface area (Å²) in [6, 6.07) is 7.77. The lowest BCUT2D eigenvalue weighted by Gasteiger charge is -2.26. The summed E-state index contributed by atoms with van der Waals surface area (Å²) in [5, 5.41) is 2.93. The molecule has 3 N–H and O–H groups in total. The number of amides is 1. The molecule has 0 saturated heterocycles. The minimum absolute atomic E-state index is 0.0348. The van der Waals surface area contributed by atoms with Crippen LogP contribution in [0.1, 0.15) is 38.7 Å². The number of hydrogen-bond acceptors (Lipinski definition) is 3. The van der Waals surface area contributed by atoms with E-state index in [1.54, 1.807) is 7.11 Å². The van der Waals surface area contributed by atoms with Gasteiger partial charge in [0, 0.05) is 18.5 Å². The van der Waals surface area contributed by atoms with Gasteiger partial charge < -0.3 is 15.8 Å². The Morgan fingerprint density at radius 3 is 2.55 bits per heavy atom. The van der Waals surface area contributed by atoms with E-state index in [2.05, 4.69) is 5.32 Å². The van der Waals surface area contributed by atoms with Gasteiger partial charge >= 0.3 is 0 Å². The quantitative estimate of drug-likeness (QED) is 0.766. The molecular weight excluding hydrogens is 252 g/mol. The molecule has 1 amide bonds. The van der Waals surface area contributed by atoms with E-state index < -0.39 is 0 Å². The van der Waals surface area contributed by atoms with Gasteiger partial charge in [0.1, 0.15) is 5.75 Å². The maximum absolute atomic E-state index is 11.9. The number of rotatable bonds is 8. The molecule has 1 rings (SSSR count). The van der Waals surface area contributed by atoms with Crippen molar-refractivity contribution in [1.82, 2.24) is 5.32 Å². The summed E-state index contributed by atoms with van der Waals surface area (Å²) in [6.07, 6.45) is 2.84. The molecule has 0 fully saturated rings. The van der Waals surface area contributed by atoms with E-state index in [0.717, 1.165) is 24.2 Å². The highest BCUT2D eigenvalue weighted by molar-refractivity contribution is 5.76. The van der Waals surface area contributed by atoms with Crippen LogP contribution >= 0.6 is 0 Å². The van der Waals surface area contributed by atoms with Gasteiger partial charge in [-0.2, -0.15) is 0 Å². The van der Waals surface area contributed by atoms with Crippen molar-refractivity contribution in [3.05, 3.63) is 29.8 Å². The molecule has 0 spiro atoms. The third-order valence-electron chi connectivity index (χ3n) is 3.86. The number of para-hydroxylation sites is 1. The second-order valence-electron chi connectivity index (χ2n) is 5.16. The van der Waals surface area contributed by atoms with E-state index >= 15 is 0 Å². The zero-order valence-electron chi connectivity index (χ0n) is 12.7. The van der Waals surface area contributed by atoms with Crippen molar-refractivity contribution < 1.29 is 9.53 Å². The smallest absolute Gasteiger partial charge is 0.220 e. The lowest BCUT2D eigenvalue weighted by Crippen LogP contribution is -2.49. The second kappa shape index (κ2) is 7.90. The van der Waals surface area contributed by atoms with E-state index in [1.807, 2.05) is 38.1 Å². The first-order chi connectivity index (χ1) is 9.54. The van der Waals surface area contributed by atoms with Gasteiger partial charge in [-0.05, 0) is 30.9 Å². The highest BCUT2D eigenvalue weighted by Crippen LogP contribution is 2.18. The molecule has 0 aliphatic carbocycles. The Morgan fingerprint density at radius 2 is 1.95 bits per heavy atom. The fourth-order valence-electron chi connectivity index (χ4n) is 2.02. The average Bonchev–Trinajstić information content (AvgIpc) is 2.50. The van der Waals surface area contributed by atoms with Crippen molar-refractivity contribution in [3.8, 4) is 5.75 Å². The van der Waals surface area contributed by atoms with E-state index in [9.17, 15) is 4.79 Å². The number of methoxy groups -OCH3 is 1. The summed E-state index contributed by atoms with van der Waals surface area (Å²) < 4.78 is 5.27. The largest absolute Gasteiger partial charge is 0.496 e. The van der Waals surface area contributed by atoms with Crippen LogP contribution in [0.15, 0.2) is 24.3 Å². The molecule has 0 heterocycles. The van der Waals surface area contributed by atoms with Gasteiger partial charge in [-0.25, -0.2) is 0 Å². The lowest BCUT2D eigenvalue weighted by molar-refractivity contribution is -0.121. The normalized spacial score (nSPS) is 11.2. The Morgan fingerprint density at radius 1 is 1.30 bits per heavy atom. The molecule has 0 saturated carbocycles. The number of nitrogens with one attached hydrogen (secondary N) is 1. The number of benzene rings is 1. The molecule has 0 radical (unpaired) electrons. The standard InChI is InChI=1S/C16H26N2O2/c1-4-16(17,5-2)12-18-15(19)11-10-13-8-6-7-9-14(13)20-3/h6-9H,4-5,10-12,17H2,1-3H3,(H,18,19). The van der Waals surface area contributed by atoms with Gasteiger partial charge in [0.25, 0.3) is 0 Å². The highest BCUT2D eigenvalue weighted by Gasteiger charge is 2.20. The van der Waals surface area contributed by atoms with E-state index in [4.69, 9.17) is 10.5 Å². The van der Waals surface area contributed by atoms with Crippen molar-refractivity contribution in [1.29, 1.82) is 0 Å². The zero-order chi connectivity index (χ0) is 15.0. The molecule has 0 aliphatic rings. The molecule has 4 heteroatoms. The van der Waals surface area contributed by atoms with Gasteiger partial charge in [-0.3, -0.25) is 4.79 Å². The summed E-state index contributed by atoms with van der Waals surface area (Å²) in [7, 11) is 1.64. The molecule has 112 valence electrons. The first-order valence-electron chi connectivity index (χ1n) is 7.22. The summed E-state index contributed by atoms with van der Waals surface area (Å²) in [5.74, 6) is 0.864. The van der Waals surface area contributed by atoms with Crippen LogP contribution < -0.4 is 15.8 Å². The van der Waals surface area contributed by atoms with E-state index in [-0.39, 0.29) is 11.4 Å². The maximum atomic E-state index is 11.9. The number of aryl methyl sites for hydroxylation is 1. The molecular formula is C16H26N2O2. The summed E-state index contributed by atoms with van der Waals surface area (Å²) in [6.45, 7) is 4.62. The van der Waals surface area contributed by atoms with Crippen molar-refractivity contribution in [2.75, 3.05) is 13.7 Å². The highest BCUT2D eigenvalue weighted by atomic mass is 16.5. The number of ether oxygens (including phenoxy) is 1. The first kappa shape index (κ1) is 16.5. The van der Waals surface area contributed by atoms with E-state index in [0.29, 0.717) is 19.4 Å². The minimum Gasteiger partial charge on any atom is -0.496 e. The van der Waals surface area contributed by atoms with Crippen molar-refractivity contribution in [3.63, 3.8) is 0 Å². The molecule has 0 unspecified atom stereocenters. The number of carbonyl (C=O) groups excluding carboxylic acids is 1. The predicted molar refractivity (Wildman–Crippen MR) is 81.8 cm³/mol. The van der Waals surface area contributed by atoms with Gasteiger partial charge in [-0.15, -0.1) is 0 Å². The lowest BCUT2D eigenvalue weighted by atomic mass is 9.94. The molecule has 4 nitrogen and oxygen atoms in total. The van der Waals surface area contributed by atoms with Crippen LogP contribution in [0.2, 0.25) is 0 Å². The van der Waals surface area contributed by atoms with Crippen molar-refractivity contribution in [2.24, 2.45) is 5.73 Å². The van der Waals surface area contributed by atoms with Gasteiger partial charge in [0.15, 0.2) is 0 Å². The second-order valence-corrected chi connectivity index (χ2v) is 5.16. The molecule has 20 heavy (non-hydrogen) atoms. The van der Waals surface area contributed by atoms with Gasteiger partial charge in [0.2, 0.25) is 5.91 Å². The Bertz CT molecular complexity index is 428. The summed E-state index contributed by atoms with van der Waals surface area (Å²) in [4.78, 5) is 11.9. The fourth-order valence-corrected chi connectivity index (χ4v) is 2.02. The van der Waals surface area contributed by atoms with Crippen LogP contribution in [0.25, 0.3) is 0 Å². The van der Waals surface area contributed by atoms with Crippen LogP contribution in [0.4, 0.5) is 0 Å². The number of hydrogen-bond donors (Lipinski definition) is 2. The van der Waals surface area contributed by atoms with Crippen molar-refractivity contribution >= 4 is 5.91 Å². The average molecular weight is 278 g/mol. The zero-order valence-corrected chi connectivity index (χ0v) is 12.7. The third-order valence-corrected chi connectivity index (χ3v) is 3.86. The molecule has 1 aromatic carbocycles. The van der Waals surface area contributed by atoms with Crippen LogP contribution in [-0.4, -0.2) is 25.1 Å². The third kappa shape index (κ3) is 4.85. The Balaban J connectivity index is 2.44. The minimum atomic E-state index is -0.292. The van der Waals surface area contributed by atoms with Crippen LogP contribution in [-0.2, 0) is 11.2 Å². The van der Waals surface area contributed by atoms with Crippen LogP contribution in [0, 0.1) is 0 Å². The molecule has 0 aliphatic heterocycles. The Labute approximate surface area is 121 Å². The predicted octanol–water partition coefficient (Wildman–Crippen LogP) is 2.26. The topological polar surface area (TPSA) is 64.3 Å². The SMILES string of the molecule is CCC(N)(CC)CNC(=O)CCc1ccccc1OC. The number of carbonyl (C=O) groups is 1. The molecule has 0 aromatic heterocycles. The molecule has 0 atom stereocenters. The maximum Gasteiger partial charge on any atom is 0.220 e. The van der Waals surface area contributed by atoms with Crippen LogP contribution in [0.3, 0.4) is 0 Å². The van der Waals surface area contributed by atoms with Gasteiger partial charge in [-0.1, -0.05) is 32.0 Å². The fraction of sp³-hybridized carbons (Fsp3) is 0.562. The molecule has 0 bridgehead atoms. The van der Waals surface area contributed by atoms with Crippen LogP contribution in [0.5, 0.6) is 5.75 Å². The summed E-state index contributed by atoms with van der Waals surface area (Å²) >= 11 is 0. The monoisotopic (exact) mass is 278 g/mol.